The number of amides is 2. The minimum absolute atomic E-state index is 0.109. The van der Waals surface area contributed by atoms with Gasteiger partial charge in [0.15, 0.2) is 17.3 Å². The number of carboxylic acids is 1. The Hall–Kier alpha value is -4.74. The van der Waals surface area contributed by atoms with Gasteiger partial charge in [0, 0.05) is 12.1 Å². The van der Waals surface area contributed by atoms with Gasteiger partial charge in [0.1, 0.15) is 17.8 Å². The molecular formula is C30H32F3N5O4. The molecule has 2 aromatic carbocycles. The Morgan fingerprint density at radius 3 is 2.38 bits per heavy atom. The van der Waals surface area contributed by atoms with E-state index in [9.17, 15) is 27.6 Å². The quantitative estimate of drug-likeness (QED) is 0.222. The van der Waals surface area contributed by atoms with Gasteiger partial charge in [-0.05, 0) is 84.8 Å². The molecule has 0 unspecified atom stereocenters. The number of aliphatic carboxylic acids is 1. The average molecular weight is 584 g/mol. The zero-order valence-corrected chi connectivity index (χ0v) is 23.6. The Kier molecular flexibility index (Phi) is 10.8. The third kappa shape index (κ3) is 7.93. The van der Waals surface area contributed by atoms with E-state index in [4.69, 9.17) is 5.11 Å². The summed E-state index contributed by atoms with van der Waals surface area (Å²) in [5.74, 6) is -3.67. The zero-order chi connectivity index (χ0) is 31.0. The summed E-state index contributed by atoms with van der Waals surface area (Å²) < 4.78 is 43.3. The normalized spacial score (nSPS) is 11.5. The number of carbonyl (C=O) groups is 3. The van der Waals surface area contributed by atoms with Gasteiger partial charge in [-0.1, -0.05) is 19.9 Å². The van der Waals surface area contributed by atoms with E-state index in [1.807, 2.05) is 6.07 Å². The number of rotatable bonds is 10. The fourth-order valence-corrected chi connectivity index (χ4v) is 4.47. The average Bonchev–Trinajstić information content (AvgIpc) is 3.39. The summed E-state index contributed by atoms with van der Waals surface area (Å²) in [5, 5.41) is 18.0. The third-order valence-electron chi connectivity index (χ3n) is 6.41. The fraction of sp³-hybridized carbons (Fsp3) is 0.300. The van der Waals surface area contributed by atoms with Gasteiger partial charge in [-0.3, -0.25) is 14.4 Å². The summed E-state index contributed by atoms with van der Waals surface area (Å²) in [5.41, 5.74) is 2.74. The number of carbonyl (C=O) groups excluding carboxylic acids is 2. The molecule has 222 valence electrons. The van der Waals surface area contributed by atoms with E-state index in [0.717, 1.165) is 12.5 Å². The molecule has 0 radical (unpaired) electrons. The summed E-state index contributed by atoms with van der Waals surface area (Å²) in [6.07, 6.45) is 2.03. The van der Waals surface area contributed by atoms with E-state index >= 15 is 0 Å². The lowest BCUT2D eigenvalue weighted by molar-refractivity contribution is -0.137. The lowest BCUT2D eigenvalue weighted by Crippen LogP contribution is -2.27. The van der Waals surface area contributed by atoms with E-state index in [2.05, 4.69) is 34.6 Å². The standard InChI is InChI=1S/C18H16F3NO3.C12H16N4O/c1-9-3-12(19)4-10(2)17(9)11-5-13(18(21)14(20)6-11)15(22-8-23)7-16(24)25;1-9(2)6-7-13-12(17)10-4-3-5-11-14-8-15-16(10)11/h3-6,8,15H,7H2,1-2H3,(H,22,23)(H,24,25);3-5,8-9H,6-7H2,1-2H3,(H,13,17)/t15-;/m0./s1. The predicted octanol–water partition coefficient (Wildman–Crippen LogP) is 5.15. The van der Waals surface area contributed by atoms with Gasteiger partial charge >= 0.3 is 5.97 Å². The second-order valence-corrected chi connectivity index (χ2v) is 10.1. The van der Waals surface area contributed by atoms with Crippen molar-refractivity contribution >= 4 is 23.9 Å². The van der Waals surface area contributed by atoms with E-state index in [-0.39, 0.29) is 23.4 Å². The Balaban J connectivity index is 0.000000247. The first kappa shape index (κ1) is 31.8. The van der Waals surface area contributed by atoms with Crippen LogP contribution in [0.1, 0.15) is 59.9 Å². The summed E-state index contributed by atoms with van der Waals surface area (Å²) in [6.45, 7) is 8.20. The van der Waals surface area contributed by atoms with Crippen LogP contribution in [0.5, 0.6) is 0 Å². The first-order valence-corrected chi connectivity index (χ1v) is 13.2. The molecule has 0 aliphatic heterocycles. The molecule has 2 aromatic heterocycles. The number of halogens is 3. The highest BCUT2D eigenvalue weighted by atomic mass is 19.2. The second-order valence-electron chi connectivity index (χ2n) is 10.1. The van der Waals surface area contributed by atoms with E-state index < -0.39 is 35.9 Å². The molecule has 4 aromatic rings. The monoisotopic (exact) mass is 583 g/mol. The van der Waals surface area contributed by atoms with Crippen molar-refractivity contribution in [3.05, 3.63) is 88.6 Å². The third-order valence-corrected chi connectivity index (χ3v) is 6.41. The van der Waals surface area contributed by atoms with Gasteiger partial charge in [0.25, 0.3) is 5.91 Å². The summed E-state index contributed by atoms with van der Waals surface area (Å²) in [6, 6.07) is 8.90. The number of hydrogen-bond acceptors (Lipinski definition) is 5. The van der Waals surface area contributed by atoms with Crippen LogP contribution in [0.15, 0.2) is 48.8 Å². The minimum atomic E-state index is -1.28. The molecule has 0 aliphatic carbocycles. The number of pyridine rings is 1. The Morgan fingerprint density at radius 1 is 1.07 bits per heavy atom. The number of nitrogens with zero attached hydrogens (tertiary/aromatic N) is 3. The van der Waals surface area contributed by atoms with Crippen LogP contribution >= 0.6 is 0 Å². The lowest BCUT2D eigenvalue weighted by atomic mass is 9.92. The van der Waals surface area contributed by atoms with Crippen LogP contribution in [-0.4, -0.2) is 44.5 Å². The van der Waals surface area contributed by atoms with E-state index in [1.165, 1.54) is 24.5 Å². The van der Waals surface area contributed by atoms with Gasteiger partial charge in [-0.25, -0.2) is 22.7 Å². The van der Waals surface area contributed by atoms with Crippen molar-refractivity contribution in [1.29, 1.82) is 0 Å². The molecule has 0 spiro atoms. The van der Waals surface area contributed by atoms with Crippen molar-refractivity contribution in [3.63, 3.8) is 0 Å². The van der Waals surface area contributed by atoms with Gasteiger partial charge in [-0.15, -0.1) is 0 Å². The van der Waals surface area contributed by atoms with Crippen LogP contribution in [0.4, 0.5) is 13.2 Å². The number of nitrogens with one attached hydrogen (secondary N) is 2. The second kappa shape index (κ2) is 14.2. The summed E-state index contributed by atoms with van der Waals surface area (Å²) in [4.78, 5) is 37.6. The largest absolute Gasteiger partial charge is 0.481 e. The molecule has 1 atom stereocenters. The lowest BCUT2D eigenvalue weighted by Gasteiger charge is -2.18. The Morgan fingerprint density at radius 2 is 1.76 bits per heavy atom. The molecule has 12 heteroatoms. The van der Waals surface area contributed by atoms with Gasteiger partial charge < -0.3 is 15.7 Å². The minimum Gasteiger partial charge on any atom is -0.481 e. The maximum Gasteiger partial charge on any atom is 0.305 e. The first-order chi connectivity index (χ1) is 19.9. The molecule has 2 heterocycles. The highest BCUT2D eigenvalue weighted by Gasteiger charge is 2.23. The van der Waals surface area contributed by atoms with Crippen molar-refractivity contribution in [2.45, 2.75) is 46.6 Å². The maximum atomic E-state index is 14.2. The molecule has 2 amide bonds. The Labute approximate surface area is 240 Å². The van der Waals surface area contributed by atoms with E-state index in [1.54, 1.807) is 30.5 Å². The number of aryl methyl sites for hydroxylation is 2. The number of hydrogen-bond donors (Lipinski definition) is 3. The number of fused-ring (bicyclic) bond motifs is 1. The summed E-state index contributed by atoms with van der Waals surface area (Å²) >= 11 is 0. The van der Waals surface area contributed by atoms with Crippen LogP contribution in [0, 0.1) is 37.2 Å². The van der Waals surface area contributed by atoms with E-state index in [0.29, 0.717) is 40.5 Å². The molecule has 0 saturated heterocycles. The summed E-state index contributed by atoms with van der Waals surface area (Å²) in [7, 11) is 0. The molecule has 3 N–H and O–H groups in total. The molecule has 0 aliphatic rings. The van der Waals surface area contributed by atoms with Gasteiger partial charge in [0.2, 0.25) is 6.41 Å². The molecular weight excluding hydrogens is 551 g/mol. The maximum absolute atomic E-state index is 14.2. The topological polar surface area (TPSA) is 126 Å². The highest BCUT2D eigenvalue weighted by Crippen LogP contribution is 2.33. The molecule has 0 saturated carbocycles. The van der Waals surface area contributed by atoms with Crippen LogP contribution in [0.2, 0.25) is 0 Å². The van der Waals surface area contributed by atoms with Crippen molar-refractivity contribution in [2.75, 3.05) is 6.54 Å². The predicted molar refractivity (Wildman–Crippen MR) is 150 cm³/mol. The number of carboxylic acid groups (broad SMARTS) is 1. The zero-order valence-electron chi connectivity index (χ0n) is 23.6. The van der Waals surface area contributed by atoms with Crippen LogP contribution in [0.3, 0.4) is 0 Å². The van der Waals surface area contributed by atoms with Crippen LogP contribution in [-0.2, 0) is 9.59 Å². The molecule has 0 fully saturated rings. The molecule has 0 bridgehead atoms. The smallest absolute Gasteiger partial charge is 0.305 e. The van der Waals surface area contributed by atoms with Crippen LogP contribution in [0.25, 0.3) is 16.8 Å². The number of aromatic nitrogens is 3. The van der Waals surface area contributed by atoms with Gasteiger partial charge in [-0.2, -0.15) is 5.10 Å². The van der Waals surface area contributed by atoms with Gasteiger partial charge in [0.05, 0.1) is 12.5 Å². The molecule has 42 heavy (non-hydrogen) atoms. The van der Waals surface area contributed by atoms with Crippen LogP contribution < -0.4 is 10.6 Å². The first-order valence-electron chi connectivity index (χ1n) is 13.2. The van der Waals surface area contributed by atoms with Crippen molar-refractivity contribution in [1.82, 2.24) is 25.2 Å². The Bertz CT molecular complexity index is 1570. The highest BCUT2D eigenvalue weighted by molar-refractivity contribution is 5.93. The SMILES string of the molecule is CC(C)CCNC(=O)c1cccc2ncnn12.Cc1cc(F)cc(C)c1-c1cc(F)c(F)c([C@H](CC(=O)O)NC=O)c1. The van der Waals surface area contributed by atoms with Crippen molar-refractivity contribution < 1.29 is 32.7 Å². The van der Waals surface area contributed by atoms with Crippen molar-refractivity contribution in [2.24, 2.45) is 5.92 Å². The van der Waals surface area contributed by atoms with Crippen molar-refractivity contribution in [3.8, 4) is 11.1 Å². The molecule has 4 rings (SSSR count). The fourth-order valence-electron chi connectivity index (χ4n) is 4.47. The molecule has 9 nitrogen and oxygen atoms in total. The number of benzene rings is 2.